The third-order valence-electron chi connectivity index (χ3n) is 28.4. The second-order valence-electron chi connectivity index (χ2n) is 29.8. The molecule has 5 N–H and O–H groups in total. The lowest BCUT2D eigenvalue weighted by molar-refractivity contribution is -0.264. The van der Waals surface area contributed by atoms with Gasteiger partial charge in [0.1, 0.15) is 11.2 Å². The van der Waals surface area contributed by atoms with Gasteiger partial charge in [-0.1, -0.05) is 62.3 Å². The highest BCUT2D eigenvalue weighted by Crippen LogP contribution is 2.76. The first-order chi connectivity index (χ1) is 31.5. The number of aliphatic hydroxyl groups is 5. The number of hydrogen-bond acceptors (Lipinski definition) is 7. The Balaban J connectivity index is 0.000000105. The number of hydrogen-bond donors (Lipinski definition) is 5. The van der Waals surface area contributed by atoms with Crippen LogP contribution < -0.4 is 0 Å². The van der Waals surface area contributed by atoms with Gasteiger partial charge in [0.2, 0.25) is 0 Å². The van der Waals surface area contributed by atoms with Crippen LogP contribution in [0.5, 0.6) is 0 Å². The quantitative estimate of drug-likeness (QED) is 0.153. The zero-order valence-electron chi connectivity index (χ0n) is 43.9. The van der Waals surface area contributed by atoms with Crippen molar-refractivity contribution in [2.45, 2.75) is 270 Å². The third kappa shape index (κ3) is 6.24. The molecule has 12 aliphatic carbocycles. The molecule has 67 heavy (non-hydrogen) atoms. The summed E-state index contributed by atoms with van der Waals surface area (Å²) in [4.78, 5) is 0. The Kier molecular flexibility index (Phi) is 11.0. The minimum Gasteiger partial charge on any atom is -0.393 e. The Morgan fingerprint density at radius 3 is 1.12 bits per heavy atom. The zero-order chi connectivity index (χ0) is 47.3. The molecule has 2 heterocycles. The number of fused-ring (bicyclic) bond motifs is 13. The van der Waals surface area contributed by atoms with Gasteiger partial charge in [-0.3, -0.25) is 0 Å². The second-order valence-corrected chi connectivity index (χ2v) is 29.8. The molecule has 14 aliphatic rings. The minimum absolute atomic E-state index is 0.0593. The molecule has 9 unspecified atom stereocenters. The van der Waals surface area contributed by atoms with E-state index in [9.17, 15) is 25.5 Å². The van der Waals surface area contributed by atoms with Gasteiger partial charge in [-0.2, -0.15) is 0 Å². The van der Waals surface area contributed by atoms with Crippen LogP contribution in [0.25, 0.3) is 0 Å². The van der Waals surface area contributed by atoms with Crippen LogP contribution in [-0.2, 0) is 9.47 Å². The van der Waals surface area contributed by atoms with Crippen molar-refractivity contribution in [3.8, 4) is 0 Å². The predicted octanol–water partition coefficient (Wildman–Crippen LogP) is 11.4. The second kappa shape index (κ2) is 15.4. The van der Waals surface area contributed by atoms with Gasteiger partial charge in [0.25, 0.3) is 0 Å². The van der Waals surface area contributed by atoms with Crippen molar-refractivity contribution in [3.63, 3.8) is 0 Å². The largest absolute Gasteiger partial charge is 0.393 e. The van der Waals surface area contributed by atoms with Gasteiger partial charge < -0.3 is 35.0 Å². The van der Waals surface area contributed by atoms with E-state index in [-0.39, 0.29) is 28.8 Å². The number of ether oxygens (including phenoxy) is 2. The standard InChI is InChI=1S/C20H34O3.2C20H32O2/c1-12-4-5-15-14-10-17(22)20(23)11-13(21)6-9-19(20,3)16(14)7-8-18(12,15)2;2*1-12-4-5-15-14-10-17-20(22-17)11-13(21)6-9-19(20,3)16(14)7-8-18(12,15)2/h12-17,21-23H,4-11H2,1-3H3;2*12-17,21H,4-11H2,1-3H3/t12-,13-,14?,15?,16?,17-,18+,19+,20-;12-,13-,14?,15?,16?,17+,18+,19+,20+;12-,13-,14?,15?,16?,17-,18+,19+,20-/m000/s1. The molecule has 380 valence electrons. The smallest absolute Gasteiger partial charge is 0.103 e. The molecule has 27 atom stereocenters. The van der Waals surface area contributed by atoms with Crippen molar-refractivity contribution in [1.29, 1.82) is 0 Å². The highest BCUT2D eigenvalue weighted by molar-refractivity contribution is 5.26. The maximum atomic E-state index is 11.4. The fourth-order valence-corrected chi connectivity index (χ4v) is 23.4. The van der Waals surface area contributed by atoms with Crippen LogP contribution in [0.3, 0.4) is 0 Å². The van der Waals surface area contributed by atoms with Crippen molar-refractivity contribution in [3.05, 3.63) is 0 Å². The first-order valence-electron chi connectivity index (χ1n) is 29.3. The maximum absolute atomic E-state index is 11.4. The van der Waals surface area contributed by atoms with Crippen LogP contribution in [0, 0.1) is 104 Å². The molecule has 0 aromatic heterocycles. The molecule has 0 aromatic carbocycles. The van der Waals surface area contributed by atoms with Crippen LogP contribution in [-0.4, -0.2) is 79.0 Å². The Bertz CT molecular complexity index is 1840. The average molecular weight is 931 g/mol. The molecule has 7 heteroatoms. The lowest BCUT2D eigenvalue weighted by Gasteiger charge is -2.65. The van der Waals surface area contributed by atoms with Gasteiger partial charge in [0.05, 0.1) is 42.2 Å². The Morgan fingerprint density at radius 1 is 0.373 bits per heavy atom. The fourth-order valence-electron chi connectivity index (χ4n) is 23.4. The third-order valence-corrected chi connectivity index (χ3v) is 28.4. The van der Waals surface area contributed by atoms with Gasteiger partial charge >= 0.3 is 0 Å². The summed E-state index contributed by atoms with van der Waals surface area (Å²) in [5.74, 6) is 9.72. The fraction of sp³-hybridized carbons (Fsp3) is 1.00. The van der Waals surface area contributed by atoms with Crippen LogP contribution >= 0.6 is 0 Å². The monoisotopic (exact) mass is 931 g/mol. The molecule has 7 nitrogen and oxygen atoms in total. The van der Waals surface area contributed by atoms with E-state index >= 15 is 0 Å². The van der Waals surface area contributed by atoms with E-state index < -0.39 is 17.8 Å². The van der Waals surface area contributed by atoms with E-state index in [1.807, 2.05) is 0 Å². The zero-order valence-corrected chi connectivity index (χ0v) is 43.9. The first-order valence-corrected chi connectivity index (χ1v) is 29.3. The summed E-state index contributed by atoms with van der Waals surface area (Å²) in [6.45, 7) is 22.3. The lowest BCUT2D eigenvalue weighted by atomic mass is 9.42. The van der Waals surface area contributed by atoms with Gasteiger partial charge in [0.15, 0.2) is 0 Å². The van der Waals surface area contributed by atoms with Crippen LogP contribution in [0.2, 0.25) is 0 Å². The molecule has 2 saturated heterocycles. The highest BCUT2D eigenvalue weighted by atomic mass is 16.6. The summed E-state index contributed by atoms with van der Waals surface area (Å²) in [6.07, 6.45) is 27.6. The average Bonchev–Trinajstić information content (AvgIpc) is 4.06. The summed E-state index contributed by atoms with van der Waals surface area (Å²) in [5, 5.41) is 52.8. The van der Waals surface area contributed by atoms with E-state index in [1.54, 1.807) is 0 Å². The summed E-state index contributed by atoms with van der Waals surface area (Å²) in [5.41, 5.74) is 1.10. The van der Waals surface area contributed by atoms with Crippen LogP contribution in [0.1, 0.15) is 216 Å². The van der Waals surface area contributed by atoms with Gasteiger partial charge in [-0.15, -0.1) is 0 Å². The number of epoxide rings is 2. The lowest BCUT2D eigenvalue weighted by Crippen LogP contribution is -2.68. The molecule has 2 aliphatic heterocycles. The minimum atomic E-state index is -1.09. The van der Waals surface area contributed by atoms with Crippen molar-refractivity contribution in [2.24, 2.45) is 104 Å². The van der Waals surface area contributed by atoms with E-state index in [4.69, 9.17) is 9.47 Å². The molecular formula is C60H98O7. The molecule has 14 fully saturated rings. The topological polar surface area (TPSA) is 126 Å². The van der Waals surface area contributed by atoms with E-state index in [0.717, 1.165) is 98.2 Å². The Hall–Kier alpha value is -0.280. The molecule has 0 radical (unpaired) electrons. The van der Waals surface area contributed by atoms with Gasteiger partial charge in [-0.05, 0) is 222 Å². The molecule has 12 saturated carbocycles. The van der Waals surface area contributed by atoms with Crippen molar-refractivity contribution in [1.82, 2.24) is 0 Å². The molecule has 14 rings (SSSR count). The van der Waals surface area contributed by atoms with E-state index in [2.05, 4.69) is 62.3 Å². The number of aliphatic hydroxyl groups excluding tert-OH is 4. The molecule has 2 spiro atoms. The summed E-state index contributed by atoms with van der Waals surface area (Å²) in [6, 6.07) is 0. The van der Waals surface area contributed by atoms with Crippen LogP contribution in [0.15, 0.2) is 0 Å². The van der Waals surface area contributed by atoms with Gasteiger partial charge in [-0.25, -0.2) is 0 Å². The van der Waals surface area contributed by atoms with Crippen molar-refractivity contribution >= 4 is 0 Å². The van der Waals surface area contributed by atoms with Crippen LogP contribution in [0.4, 0.5) is 0 Å². The molecular weight excluding hydrogens is 833 g/mol. The molecule has 0 bridgehead atoms. The summed E-state index contributed by atoms with van der Waals surface area (Å²) >= 11 is 0. The van der Waals surface area contributed by atoms with Gasteiger partial charge in [0, 0.05) is 35.5 Å². The highest BCUT2D eigenvalue weighted by Gasteiger charge is 2.77. The number of rotatable bonds is 0. The Morgan fingerprint density at radius 2 is 0.716 bits per heavy atom. The Labute approximate surface area is 406 Å². The normalized spacial score (nSPS) is 64.7. The van der Waals surface area contributed by atoms with E-state index in [0.29, 0.717) is 63.5 Å². The van der Waals surface area contributed by atoms with Crippen molar-refractivity contribution in [2.75, 3.05) is 0 Å². The summed E-state index contributed by atoms with van der Waals surface area (Å²) < 4.78 is 12.8. The molecule has 0 amide bonds. The maximum Gasteiger partial charge on any atom is 0.103 e. The van der Waals surface area contributed by atoms with E-state index in [1.165, 1.54) is 103 Å². The predicted molar refractivity (Wildman–Crippen MR) is 263 cm³/mol. The van der Waals surface area contributed by atoms with Crippen molar-refractivity contribution < 1.29 is 35.0 Å². The molecule has 0 aromatic rings. The first kappa shape index (κ1) is 47.7. The SMILES string of the molecule is C[C@H]1CCC2C3C[C@@H]4O[C@@]45C[C@@H](O)CC[C@]5(C)C3CC[C@@]21C.C[C@H]1CCC2C3C[C@H](O)[C@@]4(O)C[C@@H](O)CC[C@]4(C)C3CC[C@@]21C.C[C@H]1CCC2C3C[C@H]4O[C@]45C[C@@H](O)CC[C@]5(C)C3CC[C@@]21C. The summed E-state index contributed by atoms with van der Waals surface area (Å²) in [7, 11) is 0.